The van der Waals surface area contributed by atoms with Crippen molar-refractivity contribution in [2.45, 2.75) is 17.7 Å². The lowest BCUT2D eigenvalue weighted by atomic mass is 10.2. The largest absolute Gasteiger partial charge is 0.478 e. The van der Waals surface area contributed by atoms with Gasteiger partial charge in [-0.15, -0.1) is 11.8 Å². The lowest BCUT2D eigenvalue weighted by molar-refractivity contribution is -0.127. The van der Waals surface area contributed by atoms with Crippen LogP contribution in [0.25, 0.3) is 0 Å². The molecule has 1 amide bonds. The number of carboxylic acids is 1. The highest BCUT2D eigenvalue weighted by atomic mass is 35.5. The molecule has 1 N–H and O–H groups in total. The van der Waals surface area contributed by atoms with Gasteiger partial charge in [-0.05, 0) is 31.0 Å². The van der Waals surface area contributed by atoms with Gasteiger partial charge in [0.25, 0.3) is 0 Å². The molecule has 1 saturated heterocycles. The quantitative estimate of drug-likeness (QED) is 0.869. The van der Waals surface area contributed by atoms with Gasteiger partial charge >= 0.3 is 5.97 Å². The average Bonchev–Trinajstić information content (AvgIpc) is 2.91. The van der Waals surface area contributed by atoms with Gasteiger partial charge in [0.05, 0.1) is 16.3 Å². The minimum absolute atomic E-state index is 0.0697. The fourth-order valence-electron chi connectivity index (χ4n) is 1.96. The number of hydrogen-bond donors (Lipinski definition) is 1. The Labute approximate surface area is 120 Å². The van der Waals surface area contributed by atoms with Crippen LogP contribution in [0.5, 0.6) is 0 Å². The first-order valence-electron chi connectivity index (χ1n) is 6.01. The van der Waals surface area contributed by atoms with Crippen LogP contribution in [0.1, 0.15) is 23.2 Å². The summed E-state index contributed by atoms with van der Waals surface area (Å²) in [7, 11) is 0. The fourth-order valence-corrected chi connectivity index (χ4v) is 3.00. The number of thioether (sulfide) groups is 1. The third kappa shape index (κ3) is 3.64. The van der Waals surface area contributed by atoms with Crippen molar-refractivity contribution >= 4 is 35.2 Å². The highest BCUT2D eigenvalue weighted by Crippen LogP contribution is 2.25. The van der Waals surface area contributed by atoms with Crippen LogP contribution in [0.15, 0.2) is 23.1 Å². The van der Waals surface area contributed by atoms with E-state index in [-0.39, 0.29) is 16.5 Å². The molecule has 0 aromatic heterocycles. The molecule has 19 heavy (non-hydrogen) atoms. The number of halogens is 1. The van der Waals surface area contributed by atoms with E-state index in [0.717, 1.165) is 30.8 Å². The molecule has 1 aromatic carbocycles. The summed E-state index contributed by atoms with van der Waals surface area (Å²) in [5.41, 5.74) is 0.0697. The zero-order valence-corrected chi connectivity index (χ0v) is 11.8. The Kier molecular flexibility index (Phi) is 4.71. The van der Waals surface area contributed by atoms with Crippen molar-refractivity contribution in [3.63, 3.8) is 0 Å². The number of likely N-dealkylation sites (tertiary alicyclic amines) is 1. The first-order valence-corrected chi connectivity index (χ1v) is 7.37. The Bertz CT molecular complexity index is 501. The molecule has 0 saturated carbocycles. The molecule has 0 aliphatic carbocycles. The van der Waals surface area contributed by atoms with Crippen molar-refractivity contribution in [2.24, 2.45) is 0 Å². The minimum Gasteiger partial charge on any atom is -0.478 e. The molecule has 1 aliphatic rings. The number of hydrogen-bond acceptors (Lipinski definition) is 3. The second-order valence-electron chi connectivity index (χ2n) is 4.32. The molecule has 2 rings (SSSR count). The topological polar surface area (TPSA) is 57.6 Å². The standard InChI is InChI=1S/C13H14ClNO3S/c14-11-4-3-9(7-10(11)13(17)18)19-8-12(16)15-5-1-2-6-15/h3-4,7H,1-2,5-6,8H2,(H,17,18). The predicted molar refractivity (Wildman–Crippen MR) is 74.9 cm³/mol. The number of aromatic carboxylic acids is 1. The van der Waals surface area contributed by atoms with Crippen molar-refractivity contribution in [3.05, 3.63) is 28.8 Å². The van der Waals surface area contributed by atoms with Gasteiger partial charge < -0.3 is 10.0 Å². The van der Waals surface area contributed by atoms with Crippen LogP contribution in [0, 0.1) is 0 Å². The Balaban J connectivity index is 1.97. The van der Waals surface area contributed by atoms with Crippen LogP contribution in [-0.4, -0.2) is 40.7 Å². The van der Waals surface area contributed by atoms with E-state index in [1.807, 2.05) is 4.90 Å². The number of nitrogens with zero attached hydrogens (tertiary/aromatic N) is 1. The molecule has 0 bridgehead atoms. The Morgan fingerprint density at radius 3 is 2.63 bits per heavy atom. The van der Waals surface area contributed by atoms with Gasteiger partial charge in [-0.3, -0.25) is 4.79 Å². The maximum absolute atomic E-state index is 11.9. The van der Waals surface area contributed by atoms with Gasteiger partial charge in [-0.1, -0.05) is 11.6 Å². The average molecular weight is 300 g/mol. The van der Waals surface area contributed by atoms with Gasteiger partial charge in [0.2, 0.25) is 5.91 Å². The van der Waals surface area contributed by atoms with Crippen LogP contribution in [-0.2, 0) is 4.79 Å². The van der Waals surface area contributed by atoms with E-state index in [1.165, 1.54) is 17.8 Å². The molecule has 0 unspecified atom stereocenters. The van der Waals surface area contributed by atoms with Crippen LogP contribution < -0.4 is 0 Å². The molecule has 102 valence electrons. The van der Waals surface area contributed by atoms with E-state index < -0.39 is 5.97 Å². The maximum Gasteiger partial charge on any atom is 0.337 e. The summed E-state index contributed by atoms with van der Waals surface area (Å²) in [5, 5.41) is 9.18. The molecule has 0 radical (unpaired) electrons. The zero-order valence-electron chi connectivity index (χ0n) is 10.3. The summed E-state index contributed by atoms with van der Waals surface area (Å²) in [6.07, 6.45) is 2.14. The fraction of sp³-hybridized carbons (Fsp3) is 0.385. The van der Waals surface area contributed by atoms with E-state index in [4.69, 9.17) is 16.7 Å². The van der Waals surface area contributed by atoms with Crippen molar-refractivity contribution in [1.29, 1.82) is 0 Å². The summed E-state index contributed by atoms with van der Waals surface area (Å²) in [6, 6.07) is 4.79. The molecular formula is C13H14ClNO3S. The lowest BCUT2D eigenvalue weighted by Gasteiger charge is -2.14. The number of benzene rings is 1. The minimum atomic E-state index is -1.06. The van der Waals surface area contributed by atoms with Gasteiger partial charge in [0, 0.05) is 18.0 Å². The van der Waals surface area contributed by atoms with E-state index >= 15 is 0 Å². The number of amides is 1. The summed E-state index contributed by atoms with van der Waals surface area (Å²) >= 11 is 7.13. The molecule has 4 nitrogen and oxygen atoms in total. The summed E-state index contributed by atoms with van der Waals surface area (Å²) in [6.45, 7) is 1.67. The third-order valence-corrected chi connectivity index (χ3v) is 4.30. The lowest BCUT2D eigenvalue weighted by Crippen LogP contribution is -2.29. The van der Waals surface area contributed by atoms with Gasteiger partial charge in [-0.25, -0.2) is 4.79 Å². The maximum atomic E-state index is 11.9. The first-order chi connectivity index (χ1) is 9.08. The van der Waals surface area contributed by atoms with E-state index in [1.54, 1.807) is 12.1 Å². The predicted octanol–water partition coefficient (Wildman–Crippen LogP) is 2.75. The summed E-state index contributed by atoms with van der Waals surface area (Å²) < 4.78 is 0. The van der Waals surface area contributed by atoms with Crippen molar-refractivity contribution in [2.75, 3.05) is 18.8 Å². The molecule has 1 aromatic rings. The molecule has 1 aliphatic heterocycles. The monoisotopic (exact) mass is 299 g/mol. The SMILES string of the molecule is O=C(O)c1cc(SCC(=O)N2CCCC2)ccc1Cl. The van der Waals surface area contributed by atoms with Crippen LogP contribution in [0.3, 0.4) is 0 Å². The first kappa shape index (κ1) is 14.2. The van der Waals surface area contributed by atoms with Gasteiger partial charge in [0.1, 0.15) is 0 Å². The second-order valence-corrected chi connectivity index (χ2v) is 5.78. The summed E-state index contributed by atoms with van der Waals surface area (Å²) in [4.78, 5) is 25.4. The normalized spacial score (nSPS) is 14.7. The van der Waals surface area contributed by atoms with Crippen LogP contribution in [0.4, 0.5) is 0 Å². The second kappa shape index (κ2) is 6.30. The molecule has 1 fully saturated rings. The highest BCUT2D eigenvalue weighted by Gasteiger charge is 2.18. The molecule has 0 spiro atoms. The van der Waals surface area contributed by atoms with Crippen LogP contribution in [0.2, 0.25) is 5.02 Å². The van der Waals surface area contributed by atoms with E-state index in [2.05, 4.69) is 0 Å². The van der Waals surface area contributed by atoms with Crippen molar-refractivity contribution in [1.82, 2.24) is 4.90 Å². The third-order valence-electron chi connectivity index (χ3n) is 2.99. The summed E-state index contributed by atoms with van der Waals surface area (Å²) in [5.74, 6) is -0.617. The van der Waals surface area contributed by atoms with Crippen molar-refractivity contribution < 1.29 is 14.7 Å². The number of carbonyl (C=O) groups excluding carboxylic acids is 1. The molecule has 0 atom stereocenters. The Morgan fingerprint density at radius 1 is 1.32 bits per heavy atom. The Hall–Kier alpha value is -1.20. The van der Waals surface area contributed by atoms with Gasteiger partial charge in [-0.2, -0.15) is 0 Å². The molecule has 1 heterocycles. The van der Waals surface area contributed by atoms with Crippen LogP contribution >= 0.6 is 23.4 Å². The smallest absolute Gasteiger partial charge is 0.337 e. The molecule has 6 heteroatoms. The number of carboxylic acid groups (broad SMARTS) is 1. The van der Waals surface area contributed by atoms with E-state index in [9.17, 15) is 9.59 Å². The Morgan fingerprint density at radius 2 is 2.00 bits per heavy atom. The number of carbonyl (C=O) groups is 2. The van der Waals surface area contributed by atoms with Crippen molar-refractivity contribution in [3.8, 4) is 0 Å². The highest BCUT2D eigenvalue weighted by molar-refractivity contribution is 8.00. The molecular weight excluding hydrogens is 286 g/mol. The number of rotatable bonds is 4. The zero-order chi connectivity index (χ0) is 13.8. The van der Waals surface area contributed by atoms with E-state index in [0.29, 0.717) is 5.75 Å². The van der Waals surface area contributed by atoms with Gasteiger partial charge in [0.15, 0.2) is 0 Å².